The number of hydrogen-bond acceptors (Lipinski definition) is 5. The number of fused-ring (bicyclic) bond motifs is 1. The Balaban J connectivity index is 1.40. The maximum atomic E-state index is 12.5. The standard InChI is InChI=1S/C24H24N4O3/c25-19-3-1-2-17(11-19)24(30)28-20-6-4-16-5-7-21(13-18(16)12-20)31-14-15-8-9-27-22(10-15)23(26)29/h1-3,5,7-11,13,20H,4,6,12,14,25H2,(H2,26,29)(H,28,30). The van der Waals surface area contributed by atoms with Crippen LogP contribution in [-0.4, -0.2) is 22.8 Å². The average molecular weight is 416 g/mol. The first-order chi connectivity index (χ1) is 15.0. The van der Waals surface area contributed by atoms with Crippen molar-refractivity contribution in [3.63, 3.8) is 0 Å². The van der Waals surface area contributed by atoms with Crippen LogP contribution in [0, 0.1) is 0 Å². The number of nitrogens with two attached hydrogens (primary N) is 2. The van der Waals surface area contributed by atoms with Gasteiger partial charge in [0.25, 0.3) is 11.8 Å². The third kappa shape index (κ3) is 5.01. The lowest BCUT2D eigenvalue weighted by molar-refractivity contribution is 0.0932. The normalized spacial score (nSPS) is 15.0. The summed E-state index contributed by atoms with van der Waals surface area (Å²) in [6, 6.07) is 16.5. The highest BCUT2D eigenvalue weighted by Crippen LogP contribution is 2.26. The van der Waals surface area contributed by atoms with Crippen LogP contribution in [0.1, 0.15) is 44.0 Å². The van der Waals surface area contributed by atoms with E-state index in [2.05, 4.69) is 16.4 Å². The molecule has 158 valence electrons. The third-order valence-electron chi connectivity index (χ3n) is 5.37. The van der Waals surface area contributed by atoms with Crippen LogP contribution >= 0.6 is 0 Å². The molecular weight excluding hydrogens is 392 g/mol. The molecule has 0 spiro atoms. The smallest absolute Gasteiger partial charge is 0.267 e. The van der Waals surface area contributed by atoms with Crippen LogP contribution in [0.4, 0.5) is 5.69 Å². The van der Waals surface area contributed by atoms with E-state index in [1.165, 1.54) is 5.56 Å². The lowest BCUT2D eigenvalue weighted by atomic mass is 9.88. The molecule has 0 saturated carbocycles. The van der Waals surface area contributed by atoms with E-state index >= 15 is 0 Å². The number of nitrogens with zero attached hydrogens (tertiary/aromatic N) is 1. The van der Waals surface area contributed by atoms with E-state index in [0.29, 0.717) is 17.9 Å². The molecule has 0 aliphatic heterocycles. The molecule has 31 heavy (non-hydrogen) atoms. The average Bonchev–Trinajstić information content (AvgIpc) is 2.77. The van der Waals surface area contributed by atoms with Gasteiger partial charge in [-0.25, -0.2) is 0 Å². The van der Waals surface area contributed by atoms with Crippen LogP contribution in [0.5, 0.6) is 5.75 Å². The fraction of sp³-hybridized carbons (Fsp3) is 0.208. The van der Waals surface area contributed by atoms with Crippen LogP contribution in [0.2, 0.25) is 0 Å². The predicted octanol–water partition coefficient (Wildman–Crippen LogP) is 2.63. The summed E-state index contributed by atoms with van der Waals surface area (Å²) in [5, 5.41) is 3.11. The van der Waals surface area contributed by atoms with Crippen LogP contribution in [0.15, 0.2) is 60.8 Å². The quantitative estimate of drug-likeness (QED) is 0.534. The number of hydrogen-bond donors (Lipinski definition) is 3. The molecular formula is C24H24N4O3. The number of aromatic nitrogens is 1. The van der Waals surface area contributed by atoms with E-state index in [0.717, 1.165) is 36.1 Å². The first kappa shape index (κ1) is 20.4. The van der Waals surface area contributed by atoms with Crippen molar-refractivity contribution in [2.75, 3.05) is 5.73 Å². The number of ether oxygens (including phenoxy) is 1. The summed E-state index contributed by atoms with van der Waals surface area (Å²) in [5.74, 6) is 0.0528. The number of rotatable bonds is 6. The van der Waals surface area contributed by atoms with E-state index in [4.69, 9.17) is 16.2 Å². The lowest BCUT2D eigenvalue weighted by Gasteiger charge is -2.26. The van der Waals surface area contributed by atoms with E-state index in [-0.39, 0.29) is 17.6 Å². The number of benzene rings is 2. The molecule has 1 aliphatic rings. The number of amides is 2. The summed E-state index contributed by atoms with van der Waals surface area (Å²) in [6.07, 6.45) is 4.05. The Morgan fingerprint density at radius 1 is 1.10 bits per heavy atom. The summed E-state index contributed by atoms with van der Waals surface area (Å²) in [5.41, 5.74) is 15.7. The summed E-state index contributed by atoms with van der Waals surface area (Å²) < 4.78 is 5.91. The second kappa shape index (κ2) is 8.87. The van der Waals surface area contributed by atoms with Crippen molar-refractivity contribution in [1.82, 2.24) is 10.3 Å². The molecule has 4 rings (SSSR count). The van der Waals surface area contributed by atoms with Crippen LogP contribution in [0.3, 0.4) is 0 Å². The van der Waals surface area contributed by atoms with Crippen molar-refractivity contribution < 1.29 is 14.3 Å². The van der Waals surface area contributed by atoms with Crippen molar-refractivity contribution in [3.05, 3.63) is 88.7 Å². The largest absolute Gasteiger partial charge is 0.489 e. The molecule has 0 saturated heterocycles. The first-order valence-electron chi connectivity index (χ1n) is 10.1. The SMILES string of the molecule is NC(=O)c1cc(COc2ccc3c(c2)CC(NC(=O)c2cccc(N)c2)CC3)ccn1. The number of anilines is 1. The number of primary amides is 1. The molecule has 7 heteroatoms. The summed E-state index contributed by atoms with van der Waals surface area (Å²) in [4.78, 5) is 27.8. The van der Waals surface area contributed by atoms with E-state index in [9.17, 15) is 9.59 Å². The van der Waals surface area contributed by atoms with Gasteiger partial charge in [0.2, 0.25) is 0 Å². The molecule has 0 radical (unpaired) electrons. The van der Waals surface area contributed by atoms with Gasteiger partial charge in [0.05, 0.1) is 0 Å². The molecule has 1 heterocycles. The van der Waals surface area contributed by atoms with Crippen molar-refractivity contribution in [2.45, 2.75) is 31.9 Å². The zero-order valence-electron chi connectivity index (χ0n) is 17.0. The maximum absolute atomic E-state index is 12.5. The van der Waals surface area contributed by atoms with Gasteiger partial charge >= 0.3 is 0 Å². The Hall–Kier alpha value is -3.87. The number of carbonyl (C=O) groups excluding carboxylic acids is 2. The molecule has 0 bridgehead atoms. The number of nitrogens with one attached hydrogen (secondary N) is 1. The molecule has 1 aliphatic carbocycles. The summed E-state index contributed by atoms with van der Waals surface area (Å²) >= 11 is 0. The fourth-order valence-electron chi connectivity index (χ4n) is 3.76. The highest BCUT2D eigenvalue weighted by Gasteiger charge is 2.21. The molecule has 2 amide bonds. The van der Waals surface area contributed by atoms with E-state index < -0.39 is 5.91 Å². The van der Waals surface area contributed by atoms with Gasteiger partial charge in [-0.1, -0.05) is 12.1 Å². The van der Waals surface area contributed by atoms with Gasteiger partial charge < -0.3 is 21.5 Å². The van der Waals surface area contributed by atoms with Gasteiger partial charge in [-0.3, -0.25) is 14.6 Å². The number of aryl methyl sites for hydroxylation is 1. The first-order valence-corrected chi connectivity index (χ1v) is 10.1. The van der Waals surface area contributed by atoms with Crippen molar-refractivity contribution in [3.8, 4) is 5.75 Å². The third-order valence-corrected chi connectivity index (χ3v) is 5.37. The topological polar surface area (TPSA) is 120 Å². The van der Waals surface area contributed by atoms with E-state index in [1.54, 1.807) is 42.6 Å². The highest BCUT2D eigenvalue weighted by molar-refractivity contribution is 5.95. The summed E-state index contributed by atoms with van der Waals surface area (Å²) in [6.45, 7) is 0.303. The predicted molar refractivity (Wildman–Crippen MR) is 118 cm³/mol. The maximum Gasteiger partial charge on any atom is 0.267 e. The number of pyridine rings is 1. The highest BCUT2D eigenvalue weighted by atomic mass is 16.5. The lowest BCUT2D eigenvalue weighted by Crippen LogP contribution is -2.38. The molecule has 5 N–H and O–H groups in total. The molecule has 1 atom stereocenters. The Labute approximate surface area is 180 Å². The molecule has 3 aromatic rings. The zero-order valence-corrected chi connectivity index (χ0v) is 17.0. The minimum atomic E-state index is -0.568. The van der Waals surface area contributed by atoms with Gasteiger partial charge in [-0.05, 0) is 78.4 Å². The molecule has 1 aromatic heterocycles. The van der Waals surface area contributed by atoms with Crippen LogP contribution in [-0.2, 0) is 19.4 Å². The van der Waals surface area contributed by atoms with Crippen LogP contribution < -0.4 is 21.5 Å². The Morgan fingerprint density at radius 3 is 2.77 bits per heavy atom. The monoisotopic (exact) mass is 416 g/mol. The number of carbonyl (C=O) groups is 2. The zero-order chi connectivity index (χ0) is 21.8. The molecule has 1 unspecified atom stereocenters. The molecule has 7 nitrogen and oxygen atoms in total. The molecule has 2 aromatic carbocycles. The van der Waals surface area contributed by atoms with Crippen molar-refractivity contribution in [1.29, 1.82) is 0 Å². The van der Waals surface area contributed by atoms with Gasteiger partial charge in [-0.2, -0.15) is 0 Å². The Bertz CT molecular complexity index is 1130. The minimum absolute atomic E-state index is 0.0509. The molecule has 0 fully saturated rings. The fourth-order valence-corrected chi connectivity index (χ4v) is 3.76. The Kier molecular flexibility index (Phi) is 5.84. The summed E-state index contributed by atoms with van der Waals surface area (Å²) in [7, 11) is 0. The van der Waals surface area contributed by atoms with Crippen molar-refractivity contribution in [2.24, 2.45) is 5.73 Å². The van der Waals surface area contributed by atoms with Crippen LogP contribution in [0.25, 0.3) is 0 Å². The van der Waals surface area contributed by atoms with Gasteiger partial charge in [-0.15, -0.1) is 0 Å². The van der Waals surface area contributed by atoms with Gasteiger partial charge in [0, 0.05) is 23.5 Å². The second-order valence-electron chi connectivity index (χ2n) is 7.67. The van der Waals surface area contributed by atoms with E-state index in [1.807, 2.05) is 12.1 Å². The van der Waals surface area contributed by atoms with Gasteiger partial charge in [0.15, 0.2) is 0 Å². The number of nitrogen functional groups attached to an aromatic ring is 1. The minimum Gasteiger partial charge on any atom is -0.489 e. The van der Waals surface area contributed by atoms with Crippen molar-refractivity contribution >= 4 is 17.5 Å². The van der Waals surface area contributed by atoms with Gasteiger partial charge in [0.1, 0.15) is 18.1 Å². The second-order valence-corrected chi connectivity index (χ2v) is 7.67. The Morgan fingerprint density at radius 2 is 1.97 bits per heavy atom.